The van der Waals surface area contributed by atoms with E-state index < -0.39 is 0 Å². The van der Waals surface area contributed by atoms with Crippen LogP contribution in [0.25, 0.3) is 22.3 Å². The highest BCUT2D eigenvalue weighted by Gasteiger charge is 2.06. The molecule has 0 saturated heterocycles. The number of aromatic amines is 1. The summed E-state index contributed by atoms with van der Waals surface area (Å²) in [6, 6.07) is 7.67. The number of ether oxygens (including phenoxy) is 1. The summed E-state index contributed by atoms with van der Waals surface area (Å²) < 4.78 is 5.14. The van der Waals surface area contributed by atoms with E-state index in [1.807, 2.05) is 24.3 Å². The molecule has 1 aromatic carbocycles. The monoisotopic (exact) mass is 240 g/mol. The van der Waals surface area contributed by atoms with Gasteiger partial charge < -0.3 is 15.5 Å². The number of methoxy groups -OCH3 is 1. The Labute approximate surface area is 104 Å². The standard InChI is InChI=1S/C13H12N4O/c1-18-12-3-2-8(4-10(12)14)11-5-9-6-15-7-16-13(9)17-11/h2-7H,14H2,1H3,(H,15,16,17). The SMILES string of the molecule is COc1ccc(-c2cc3cncnc3[nH]2)cc1N. The second-order valence-electron chi connectivity index (χ2n) is 3.97. The molecule has 3 aromatic rings. The molecule has 0 atom stereocenters. The fraction of sp³-hybridized carbons (Fsp3) is 0.0769. The highest BCUT2D eigenvalue weighted by Crippen LogP contribution is 2.29. The molecular formula is C13H12N4O. The third kappa shape index (κ3) is 1.66. The molecule has 0 aliphatic heterocycles. The highest BCUT2D eigenvalue weighted by molar-refractivity contribution is 5.83. The van der Waals surface area contributed by atoms with Gasteiger partial charge in [0.15, 0.2) is 0 Å². The number of nitrogen functional groups attached to an aromatic ring is 1. The summed E-state index contributed by atoms with van der Waals surface area (Å²) in [7, 11) is 1.60. The number of hydrogen-bond acceptors (Lipinski definition) is 4. The summed E-state index contributed by atoms with van der Waals surface area (Å²) in [4.78, 5) is 11.4. The van der Waals surface area contributed by atoms with E-state index in [1.54, 1.807) is 13.3 Å². The molecule has 0 fully saturated rings. The largest absolute Gasteiger partial charge is 0.495 e. The molecule has 2 heterocycles. The molecule has 0 radical (unpaired) electrons. The van der Waals surface area contributed by atoms with Crippen LogP contribution in [0.3, 0.4) is 0 Å². The Morgan fingerprint density at radius 2 is 2.17 bits per heavy atom. The molecule has 0 spiro atoms. The van der Waals surface area contributed by atoms with E-state index in [1.165, 1.54) is 6.33 Å². The van der Waals surface area contributed by atoms with Crippen LogP contribution < -0.4 is 10.5 Å². The number of nitrogens with one attached hydrogen (secondary N) is 1. The van der Waals surface area contributed by atoms with E-state index >= 15 is 0 Å². The van der Waals surface area contributed by atoms with Gasteiger partial charge in [0.25, 0.3) is 0 Å². The topological polar surface area (TPSA) is 76.8 Å². The van der Waals surface area contributed by atoms with E-state index in [0.29, 0.717) is 11.4 Å². The summed E-state index contributed by atoms with van der Waals surface area (Å²) in [6.07, 6.45) is 3.29. The van der Waals surface area contributed by atoms with E-state index in [-0.39, 0.29) is 0 Å². The Morgan fingerprint density at radius 3 is 2.89 bits per heavy atom. The van der Waals surface area contributed by atoms with Crippen LogP contribution in [-0.2, 0) is 0 Å². The van der Waals surface area contributed by atoms with E-state index in [9.17, 15) is 0 Å². The minimum absolute atomic E-state index is 0.611. The van der Waals surface area contributed by atoms with Crippen molar-refractivity contribution in [2.75, 3.05) is 12.8 Å². The number of anilines is 1. The van der Waals surface area contributed by atoms with Crippen molar-refractivity contribution in [2.45, 2.75) is 0 Å². The molecule has 0 unspecified atom stereocenters. The first-order chi connectivity index (χ1) is 8.78. The van der Waals surface area contributed by atoms with Crippen LogP contribution in [-0.4, -0.2) is 22.1 Å². The lowest BCUT2D eigenvalue weighted by Crippen LogP contribution is -1.92. The molecule has 0 aliphatic carbocycles. The molecule has 0 amide bonds. The van der Waals surface area contributed by atoms with Crippen LogP contribution in [0.4, 0.5) is 5.69 Å². The lowest BCUT2D eigenvalue weighted by atomic mass is 10.1. The smallest absolute Gasteiger partial charge is 0.141 e. The van der Waals surface area contributed by atoms with Gasteiger partial charge in [-0.15, -0.1) is 0 Å². The number of aromatic nitrogens is 3. The van der Waals surface area contributed by atoms with Gasteiger partial charge in [-0.2, -0.15) is 0 Å². The molecule has 5 nitrogen and oxygen atoms in total. The number of benzene rings is 1. The summed E-state index contributed by atoms with van der Waals surface area (Å²) in [5.74, 6) is 0.676. The maximum Gasteiger partial charge on any atom is 0.141 e. The predicted octanol–water partition coefficient (Wildman–Crippen LogP) is 2.22. The van der Waals surface area contributed by atoms with Gasteiger partial charge >= 0.3 is 0 Å². The minimum Gasteiger partial charge on any atom is -0.495 e. The molecule has 3 N–H and O–H groups in total. The van der Waals surface area contributed by atoms with Crippen LogP contribution >= 0.6 is 0 Å². The highest BCUT2D eigenvalue weighted by atomic mass is 16.5. The summed E-state index contributed by atoms with van der Waals surface area (Å²) in [5.41, 5.74) is 9.27. The maximum absolute atomic E-state index is 5.90. The number of fused-ring (bicyclic) bond motifs is 1. The third-order valence-corrected chi connectivity index (χ3v) is 2.83. The first-order valence-corrected chi connectivity index (χ1v) is 5.50. The van der Waals surface area contributed by atoms with Crippen LogP contribution in [0, 0.1) is 0 Å². The molecular weight excluding hydrogens is 228 g/mol. The Bertz CT molecular complexity index is 672. The lowest BCUT2D eigenvalue weighted by Gasteiger charge is -2.05. The maximum atomic E-state index is 5.90. The van der Waals surface area contributed by atoms with Crippen molar-refractivity contribution in [1.29, 1.82) is 0 Å². The first-order valence-electron chi connectivity index (χ1n) is 5.50. The normalized spacial score (nSPS) is 10.7. The van der Waals surface area contributed by atoms with Crippen LogP contribution in [0.2, 0.25) is 0 Å². The Kier molecular flexibility index (Phi) is 2.37. The Morgan fingerprint density at radius 1 is 1.28 bits per heavy atom. The van der Waals surface area contributed by atoms with Gasteiger partial charge in [-0.25, -0.2) is 9.97 Å². The second kappa shape index (κ2) is 4.03. The summed E-state index contributed by atoms with van der Waals surface area (Å²) in [5, 5.41) is 0.974. The van der Waals surface area contributed by atoms with Crippen LogP contribution in [0.15, 0.2) is 36.8 Å². The van der Waals surface area contributed by atoms with E-state index in [0.717, 1.165) is 22.3 Å². The van der Waals surface area contributed by atoms with Crippen molar-refractivity contribution >= 4 is 16.7 Å². The van der Waals surface area contributed by atoms with Gasteiger partial charge in [-0.1, -0.05) is 0 Å². The number of hydrogen-bond donors (Lipinski definition) is 2. The van der Waals surface area contributed by atoms with Gasteiger partial charge in [-0.05, 0) is 24.3 Å². The van der Waals surface area contributed by atoms with Gasteiger partial charge in [0.05, 0.1) is 12.8 Å². The van der Waals surface area contributed by atoms with Gasteiger partial charge in [0.2, 0.25) is 0 Å². The fourth-order valence-corrected chi connectivity index (χ4v) is 1.93. The lowest BCUT2D eigenvalue weighted by molar-refractivity contribution is 0.417. The average Bonchev–Trinajstić information content (AvgIpc) is 2.82. The van der Waals surface area contributed by atoms with Gasteiger partial charge in [-0.3, -0.25) is 0 Å². The average molecular weight is 240 g/mol. The number of rotatable bonds is 2. The van der Waals surface area contributed by atoms with Crippen LogP contribution in [0.5, 0.6) is 5.75 Å². The molecule has 0 bridgehead atoms. The molecule has 90 valence electrons. The zero-order valence-electron chi connectivity index (χ0n) is 9.84. The fourth-order valence-electron chi connectivity index (χ4n) is 1.93. The van der Waals surface area contributed by atoms with Crippen molar-refractivity contribution in [3.8, 4) is 17.0 Å². The molecule has 5 heteroatoms. The second-order valence-corrected chi connectivity index (χ2v) is 3.97. The van der Waals surface area contributed by atoms with E-state index in [4.69, 9.17) is 10.5 Å². The number of nitrogens with zero attached hydrogens (tertiary/aromatic N) is 2. The summed E-state index contributed by atoms with van der Waals surface area (Å²) in [6.45, 7) is 0. The van der Waals surface area contributed by atoms with Gasteiger partial charge in [0.1, 0.15) is 17.7 Å². The molecule has 0 saturated carbocycles. The van der Waals surface area contributed by atoms with Crippen molar-refractivity contribution < 1.29 is 4.74 Å². The summed E-state index contributed by atoms with van der Waals surface area (Å²) >= 11 is 0. The molecule has 0 aliphatic rings. The van der Waals surface area contributed by atoms with Crippen molar-refractivity contribution in [1.82, 2.24) is 15.0 Å². The van der Waals surface area contributed by atoms with Gasteiger partial charge in [0, 0.05) is 22.8 Å². The predicted molar refractivity (Wildman–Crippen MR) is 70.3 cm³/mol. The minimum atomic E-state index is 0.611. The van der Waals surface area contributed by atoms with E-state index in [2.05, 4.69) is 15.0 Å². The van der Waals surface area contributed by atoms with Crippen LogP contribution in [0.1, 0.15) is 0 Å². The molecule has 3 rings (SSSR count). The van der Waals surface area contributed by atoms with Crippen molar-refractivity contribution in [3.05, 3.63) is 36.8 Å². The molecule has 18 heavy (non-hydrogen) atoms. The Balaban J connectivity index is 2.11. The number of nitrogens with two attached hydrogens (primary N) is 1. The number of H-pyrrole nitrogens is 1. The zero-order valence-corrected chi connectivity index (χ0v) is 9.84. The van der Waals surface area contributed by atoms with Crippen molar-refractivity contribution in [2.24, 2.45) is 0 Å². The third-order valence-electron chi connectivity index (χ3n) is 2.83. The van der Waals surface area contributed by atoms with Crippen molar-refractivity contribution in [3.63, 3.8) is 0 Å². The zero-order chi connectivity index (χ0) is 12.5. The first kappa shape index (κ1) is 10.6. The molecule has 2 aromatic heterocycles. The quantitative estimate of drug-likeness (QED) is 0.673. The Hall–Kier alpha value is -2.56.